The van der Waals surface area contributed by atoms with Crippen LogP contribution in [0.1, 0.15) is 80.6 Å². The van der Waals surface area contributed by atoms with E-state index in [9.17, 15) is 9.59 Å². The molecule has 0 bridgehead atoms. The zero-order valence-corrected chi connectivity index (χ0v) is 20.8. The number of ether oxygens (including phenoxy) is 3. The topological polar surface area (TPSA) is 106 Å². The molecule has 0 aromatic rings. The monoisotopic (exact) mass is 446 g/mol. The summed E-state index contributed by atoms with van der Waals surface area (Å²) >= 11 is 0. The molecule has 0 aromatic heterocycles. The number of amides is 2. The zero-order chi connectivity index (χ0) is 24.0. The Morgan fingerprint density at radius 1 is 0.710 bits per heavy atom. The Labute approximate surface area is 188 Å². The van der Waals surface area contributed by atoms with E-state index in [4.69, 9.17) is 19.3 Å². The number of aliphatic hydroxyl groups is 1. The fourth-order valence-corrected chi connectivity index (χ4v) is 2.78. The highest BCUT2D eigenvalue weighted by Gasteiger charge is 2.23. The maximum absolute atomic E-state index is 12.0. The second-order valence-corrected chi connectivity index (χ2v) is 9.60. The lowest BCUT2D eigenvalue weighted by molar-refractivity contribution is -0.124. The average Bonchev–Trinajstić information content (AvgIpc) is 2.60. The van der Waals surface area contributed by atoms with Crippen molar-refractivity contribution in [3.8, 4) is 0 Å². The van der Waals surface area contributed by atoms with E-state index in [1.807, 2.05) is 48.5 Å². The van der Waals surface area contributed by atoms with E-state index >= 15 is 0 Å². The summed E-state index contributed by atoms with van der Waals surface area (Å²) in [5.74, 6) is -0.0598. The third-order valence-electron chi connectivity index (χ3n) is 4.98. The van der Waals surface area contributed by atoms with E-state index in [2.05, 4.69) is 10.6 Å². The highest BCUT2D eigenvalue weighted by Crippen LogP contribution is 2.19. The molecular weight excluding hydrogens is 400 g/mol. The van der Waals surface area contributed by atoms with Crippen molar-refractivity contribution in [1.29, 1.82) is 0 Å². The van der Waals surface area contributed by atoms with Crippen LogP contribution >= 0.6 is 0 Å². The molecule has 0 saturated carbocycles. The van der Waals surface area contributed by atoms with Crippen molar-refractivity contribution in [1.82, 2.24) is 10.6 Å². The molecule has 0 unspecified atom stereocenters. The first-order valence-electron chi connectivity index (χ1n) is 11.4. The Hall–Kier alpha value is -1.22. The van der Waals surface area contributed by atoms with Crippen LogP contribution in [0.5, 0.6) is 0 Å². The number of rotatable bonds is 18. The molecule has 0 rings (SSSR count). The SMILES string of the molecule is CCNC(=O)CCOC(C)(C)CCOC(C)(C)CCNC(=O)CCOC(C)(C)CCO. The number of hydrogen-bond donors (Lipinski definition) is 3. The third kappa shape index (κ3) is 17.1. The van der Waals surface area contributed by atoms with Gasteiger partial charge in [-0.2, -0.15) is 0 Å². The lowest BCUT2D eigenvalue weighted by Gasteiger charge is -2.30. The van der Waals surface area contributed by atoms with Gasteiger partial charge in [0, 0.05) is 32.5 Å². The molecule has 0 aliphatic heterocycles. The highest BCUT2D eigenvalue weighted by atomic mass is 16.5. The summed E-state index contributed by atoms with van der Waals surface area (Å²) in [6.45, 7) is 16.1. The summed E-state index contributed by atoms with van der Waals surface area (Å²) in [4.78, 5) is 23.5. The van der Waals surface area contributed by atoms with Crippen molar-refractivity contribution < 1.29 is 28.9 Å². The van der Waals surface area contributed by atoms with Gasteiger partial charge in [0.05, 0.1) is 36.6 Å². The maximum atomic E-state index is 12.0. The van der Waals surface area contributed by atoms with E-state index in [1.165, 1.54) is 0 Å². The molecule has 0 radical (unpaired) electrons. The number of carbonyl (C=O) groups excluding carboxylic acids is 2. The van der Waals surface area contributed by atoms with Crippen LogP contribution < -0.4 is 10.6 Å². The van der Waals surface area contributed by atoms with Crippen molar-refractivity contribution in [2.75, 3.05) is 39.5 Å². The first-order valence-corrected chi connectivity index (χ1v) is 11.4. The molecule has 8 heteroatoms. The van der Waals surface area contributed by atoms with Gasteiger partial charge < -0.3 is 30.0 Å². The standard InChI is InChI=1S/C23H46N2O6/c1-8-24-19(27)9-16-30-23(6,7)13-18-31-21(2,3)11-14-25-20(28)10-17-29-22(4,5)12-15-26/h26H,8-18H2,1-7H3,(H,24,27)(H,25,28). The number of carbonyl (C=O) groups is 2. The lowest BCUT2D eigenvalue weighted by Crippen LogP contribution is -2.35. The minimum absolute atomic E-state index is 0.00170. The average molecular weight is 447 g/mol. The van der Waals surface area contributed by atoms with Crippen molar-refractivity contribution in [2.45, 2.75) is 97.4 Å². The highest BCUT2D eigenvalue weighted by molar-refractivity contribution is 5.76. The minimum Gasteiger partial charge on any atom is -0.396 e. The van der Waals surface area contributed by atoms with Crippen molar-refractivity contribution in [2.24, 2.45) is 0 Å². The van der Waals surface area contributed by atoms with E-state index in [0.717, 1.165) is 0 Å². The summed E-state index contributed by atoms with van der Waals surface area (Å²) in [5.41, 5.74) is -1.17. The molecule has 0 aliphatic carbocycles. The molecule has 0 spiro atoms. The maximum Gasteiger partial charge on any atom is 0.222 e. The van der Waals surface area contributed by atoms with Crippen LogP contribution in [0.2, 0.25) is 0 Å². The fourth-order valence-electron chi connectivity index (χ4n) is 2.78. The largest absolute Gasteiger partial charge is 0.396 e. The van der Waals surface area contributed by atoms with Gasteiger partial charge in [-0.15, -0.1) is 0 Å². The predicted molar refractivity (Wildman–Crippen MR) is 122 cm³/mol. The summed E-state index contributed by atoms with van der Waals surface area (Å²) in [5, 5.41) is 14.6. The van der Waals surface area contributed by atoms with E-state index in [1.54, 1.807) is 0 Å². The molecule has 184 valence electrons. The van der Waals surface area contributed by atoms with Crippen LogP contribution in [0, 0.1) is 0 Å². The van der Waals surface area contributed by atoms with Crippen LogP contribution in [-0.2, 0) is 23.8 Å². The number of nitrogens with one attached hydrogen (secondary N) is 2. The molecule has 0 aliphatic rings. The van der Waals surface area contributed by atoms with E-state index < -0.39 is 5.60 Å². The summed E-state index contributed by atoms with van der Waals surface area (Å²) in [7, 11) is 0. The Morgan fingerprint density at radius 2 is 1.16 bits per heavy atom. The quantitative estimate of drug-likeness (QED) is 0.299. The lowest BCUT2D eigenvalue weighted by atomic mass is 10.0. The van der Waals surface area contributed by atoms with Gasteiger partial charge in [0.2, 0.25) is 11.8 Å². The van der Waals surface area contributed by atoms with Gasteiger partial charge in [-0.3, -0.25) is 9.59 Å². The third-order valence-corrected chi connectivity index (χ3v) is 4.98. The molecule has 0 atom stereocenters. The number of aliphatic hydroxyl groups excluding tert-OH is 1. The van der Waals surface area contributed by atoms with Gasteiger partial charge in [-0.1, -0.05) is 0 Å². The van der Waals surface area contributed by atoms with Crippen LogP contribution in [0.15, 0.2) is 0 Å². The fraction of sp³-hybridized carbons (Fsp3) is 0.913. The molecule has 0 aromatic carbocycles. The van der Waals surface area contributed by atoms with E-state index in [-0.39, 0.29) is 36.0 Å². The van der Waals surface area contributed by atoms with Crippen molar-refractivity contribution in [3.05, 3.63) is 0 Å². The molecule has 2 amide bonds. The Bertz CT molecular complexity index is 520. The first-order chi connectivity index (χ1) is 14.3. The van der Waals surface area contributed by atoms with Gasteiger partial charge in [-0.05, 0) is 67.7 Å². The Morgan fingerprint density at radius 3 is 1.68 bits per heavy atom. The Kier molecular flexibility index (Phi) is 14.2. The molecular formula is C23H46N2O6. The van der Waals surface area contributed by atoms with Gasteiger partial charge in [0.25, 0.3) is 0 Å². The van der Waals surface area contributed by atoms with Crippen molar-refractivity contribution >= 4 is 11.8 Å². The predicted octanol–water partition coefficient (Wildman–Crippen LogP) is 2.57. The van der Waals surface area contributed by atoms with Crippen LogP contribution in [0.25, 0.3) is 0 Å². The zero-order valence-electron chi connectivity index (χ0n) is 20.8. The molecule has 31 heavy (non-hydrogen) atoms. The van der Waals surface area contributed by atoms with Gasteiger partial charge in [0.15, 0.2) is 0 Å². The van der Waals surface area contributed by atoms with Crippen molar-refractivity contribution in [3.63, 3.8) is 0 Å². The molecule has 3 N–H and O–H groups in total. The van der Waals surface area contributed by atoms with Crippen LogP contribution in [-0.4, -0.2) is 73.2 Å². The van der Waals surface area contributed by atoms with E-state index in [0.29, 0.717) is 58.6 Å². The summed E-state index contributed by atoms with van der Waals surface area (Å²) < 4.78 is 17.5. The summed E-state index contributed by atoms with van der Waals surface area (Å²) in [6, 6.07) is 0. The molecule has 0 saturated heterocycles. The Balaban J connectivity index is 4.01. The second kappa shape index (κ2) is 14.8. The molecule has 0 heterocycles. The summed E-state index contributed by atoms with van der Waals surface area (Å²) in [6.07, 6.45) is 2.58. The van der Waals surface area contributed by atoms with Gasteiger partial charge in [-0.25, -0.2) is 0 Å². The minimum atomic E-state index is -0.426. The van der Waals surface area contributed by atoms with Crippen LogP contribution in [0.3, 0.4) is 0 Å². The first kappa shape index (κ1) is 29.8. The van der Waals surface area contributed by atoms with Gasteiger partial charge in [0.1, 0.15) is 0 Å². The number of hydrogen-bond acceptors (Lipinski definition) is 6. The van der Waals surface area contributed by atoms with Crippen LogP contribution in [0.4, 0.5) is 0 Å². The second-order valence-electron chi connectivity index (χ2n) is 9.60. The molecule has 8 nitrogen and oxygen atoms in total. The smallest absolute Gasteiger partial charge is 0.222 e. The normalized spacial score (nSPS) is 12.6. The van der Waals surface area contributed by atoms with Gasteiger partial charge >= 0.3 is 0 Å². The molecule has 0 fully saturated rings.